The maximum Gasteiger partial charge on any atom is 0.278 e. The normalized spacial score (nSPS) is 10.7. The molecular weight excluding hydrogens is 397 g/mol. The first-order chi connectivity index (χ1) is 13.7. The third-order valence-corrected chi connectivity index (χ3v) is 4.78. The number of anilines is 2. The Balaban J connectivity index is 1.67. The zero-order chi connectivity index (χ0) is 21.1. The monoisotopic (exact) mass is 415 g/mol. The van der Waals surface area contributed by atoms with Crippen LogP contribution in [0, 0.1) is 26.6 Å². The molecule has 0 saturated heterocycles. The summed E-state index contributed by atoms with van der Waals surface area (Å²) in [7, 11) is 0. The molecule has 9 heteroatoms. The summed E-state index contributed by atoms with van der Waals surface area (Å²) in [6, 6.07) is 9.59. The predicted molar refractivity (Wildman–Crippen MR) is 109 cm³/mol. The van der Waals surface area contributed by atoms with E-state index < -0.39 is 11.7 Å². The average molecular weight is 416 g/mol. The number of nitrogens with one attached hydrogen (secondary N) is 2. The fourth-order valence-electron chi connectivity index (χ4n) is 2.59. The van der Waals surface area contributed by atoms with Crippen LogP contribution < -0.4 is 10.6 Å². The Bertz CT molecular complexity index is 1100. The van der Waals surface area contributed by atoms with Gasteiger partial charge in [-0.2, -0.15) is 0 Å². The van der Waals surface area contributed by atoms with Gasteiger partial charge >= 0.3 is 0 Å². The molecule has 0 saturated carbocycles. The topological polar surface area (TPSA) is 88.9 Å². The number of rotatable bonds is 5. The van der Waals surface area contributed by atoms with Gasteiger partial charge in [-0.3, -0.25) is 9.59 Å². The average Bonchev–Trinajstić information content (AvgIpc) is 3.02. The lowest BCUT2D eigenvalue weighted by molar-refractivity contribution is -0.117. The van der Waals surface area contributed by atoms with E-state index in [4.69, 9.17) is 11.6 Å². The van der Waals surface area contributed by atoms with E-state index >= 15 is 0 Å². The number of aromatic nitrogens is 3. The fourth-order valence-corrected chi connectivity index (χ4v) is 2.77. The third kappa shape index (κ3) is 4.78. The molecule has 1 aromatic heterocycles. The van der Waals surface area contributed by atoms with Crippen molar-refractivity contribution in [2.45, 2.75) is 27.3 Å². The molecule has 1 heterocycles. The Morgan fingerprint density at radius 2 is 1.69 bits per heavy atom. The molecule has 0 spiro atoms. The maximum atomic E-state index is 13.6. The van der Waals surface area contributed by atoms with Crippen LogP contribution in [0.3, 0.4) is 0 Å². The molecule has 0 unspecified atom stereocenters. The Labute approximate surface area is 171 Å². The van der Waals surface area contributed by atoms with Crippen LogP contribution in [0.4, 0.5) is 15.8 Å². The third-order valence-electron chi connectivity index (χ3n) is 4.38. The van der Waals surface area contributed by atoms with Crippen molar-refractivity contribution >= 4 is 34.8 Å². The zero-order valence-corrected chi connectivity index (χ0v) is 16.8. The first-order valence-corrected chi connectivity index (χ1v) is 9.16. The van der Waals surface area contributed by atoms with E-state index in [1.807, 2.05) is 6.92 Å². The van der Waals surface area contributed by atoms with Gasteiger partial charge in [-0.1, -0.05) is 28.9 Å². The lowest BCUT2D eigenvalue weighted by Gasteiger charge is -2.08. The molecule has 0 atom stereocenters. The number of halogens is 2. The van der Waals surface area contributed by atoms with Crippen molar-refractivity contribution in [3.63, 3.8) is 0 Å². The molecule has 7 nitrogen and oxygen atoms in total. The second-order valence-electron chi connectivity index (χ2n) is 6.61. The molecule has 0 radical (unpaired) electrons. The van der Waals surface area contributed by atoms with Crippen molar-refractivity contribution in [2.24, 2.45) is 0 Å². The van der Waals surface area contributed by atoms with Crippen LogP contribution in [0.1, 0.15) is 27.3 Å². The summed E-state index contributed by atoms with van der Waals surface area (Å²) in [5, 5.41) is 13.6. The Kier molecular flexibility index (Phi) is 5.93. The van der Waals surface area contributed by atoms with Crippen LogP contribution in [-0.2, 0) is 11.3 Å². The summed E-state index contributed by atoms with van der Waals surface area (Å²) in [6.45, 7) is 4.99. The molecule has 0 aliphatic rings. The minimum atomic E-state index is -0.539. The van der Waals surface area contributed by atoms with E-state index in [-0.39, 0.29) is 18.1 Å². The van der Waals surface area contributed by atoms with E-state index in [1.165, 1.54) is 10.7 Å². The molecule has 29 heavy (non-hydrogen) atoms. The van der Waals surface area contributed by atoms with Gasteiger partial charge in [-0.05, 0) is 56.2 Å². The number of hydrogen-bond acceptors (Lipinski definition) is 4. The van der Waals surface area contributed by atoms with Crippen LogP contribution in [0.5, 0.6) is 0 Å². The van der Waals surface area contributed by atoms with Gasteiger partial charge in [0.1, 0.15) is 12.4 Å². The zero-order valence-electron chi connectivity index (χ0n) is 16.1. The van der Waals surface area contributed by atoms with Crippen molar-refractivity contribution in [1.82, 2.24) is 15.0 Å². The van der Waals surface area contributed by atoms with Gasteiger partial charge in [0.2, 0.25) is 5.91 Å². The summed E-state index contributed by atoms with van der Waals surface area (Å²) in [6.07, 6.45) is 0. The van der Waals surface area contributed by atoms with Crippen LogP contribution in [0.25, 0.3) is 0 Å². The molecule has 2 N–H and O–H groups in total. The number of aryl methyl sites for hydroxylation is 2. The molecule has 0 fully saturated rings. The molecular formula is C20H19ClFN5O2. The summed E-state index contributed by atoms with van der Waals surface area (Å²) >= 11 is 6.06. The van der Waals surface area contributed by atoms with Crippen molar-refractivity contribution in [3.05, 3.63) is 69.8 Å². The van der Waals surface area contributed by atoms with E-state index in [9.17, 15) is 14.0 Å². The second-order valence-corrected chi connectivity index (χ2v) is 7.02. The van der Waals surface area contributed by atoms with Crippen molar-refractivity contribution in [2.75, 3.05) is 10.6 Å². The predicted octanol–water partition coefficient (Wildman–Crippen LogP) is 3.89. The highest BCUT2D eigenvalue weighted by Gasteiger charge is 2.18. The summed E-state index contributed by atoms with van der Waals surface area (Å²) < 4.78 is 15.0. The van der Waals surface area contributed by atoms with Crippen molar-refractivity contribution in [3.8, 4) is 0 Å². The molecule has 0 aliphatic heterocycles. The molecule has 3 aromatic rings. The first-order valence-electron chi connectivity index (χ1n) is 8.78. The van der Waals surface area contributed by atoms with Crippen LogP contribution in [-0.4, -0.2) is 26.8 Å². The highest BCUT2D eigenvalue weighted by molar-refractivity contribution is 6.31. The van der Waals surface area contributed by atoms with Crippen LogP contribution >= 0.6 is 11.6 Å². The van der Waals surface area contributed by atoms with Gasteiger partial charge in [0.05, 0.1) is 5.69 Å². The minimum Gasteiger partial charge on any atom is -0.324 e. The van der Waals surface area contributed by atoms with Crippen LogP contribution in [0.15, 0.2) is 36.4 Å². The minimum absolute atomic E-state index is 0.0529. The van der Waals surface area contributed by atoms with E-state index in [2.05, 4.69) is 20.9 Å². The van der Waals surface area contributed by atoms with Gasteiger partial charge in [0.25, 0.3) is 5.91 Å². The first kappa shape index (κ1) is 20.5. The van der Waals surface area contributed by atoms with Gasteiger partial charge in [-0.15, -0.1) is 5.10 Å². The van der Waals surface area contributed by atoms with Gasteiger partial charge in [-0.25, -0.2) is 9.07 Å². The molecule has 3 rings (SSSR count). The fraction of sp³-hybridized carbons (Fsp3) is 0.200. The van der Waals surface area contributed by atoms with Gasteiger partial charge < -0.3 is 10.6 Å². The molecule has 0 aliphatic carbocycles. The second kappa shape index (κ2) is 8.40. The van der Waals surface area contributed by atoms with Gasteiger partial charge in [0.15, 0.2) is 5.69 Å². The number of carbonyl (C=O) groups is 2. The Hall–Kier alpha value is -3.26. The standard InChI is InChI=1S/C20H19ClFN5O2/c1-11-4-6-14(8-16(11)21)23-18(28)10-27-13(3)19(25-26-27)20(29)24-15-7-5-12(2)17(22)9-15/h4-9H,10H2,1-3H3,(H,23,28)(H,24,29). The Morgan fingerprint density at radius 3 is 2.34 bits per heavy atom. The smallest absolute Gasteiger partial charge is 0.278 e. The number of amides is 2. The van der Waals surface area contributed by atoms with E-state index in [0.717, 1.165) is 5.56 Å². The van der Waals surface area contributed by atoms with E-state index in [0.29, 0.717) is 27.7 Å². The largest absolute Gasteiger partial charge is 0.324 e. The Morgan fingerprint density at radius 1 is 1.03 bits per heavy atom. The number of benzene rings is 2. The van der Waals surface area contributed by atoms with Crippen molar-refractivity contribution in [1.29, 1.82) is 0 Å². The van der Waals surface area contributed by atoms with Crippen molar-refractivity contribution < 1.29 is 14.0 Å². The molecule has 150 valence electrons. The SMILES string of the molecule is Cc1ccc(NC(=O)c2nnn(CC(=O)Nc3ccc(C)c(Cl)c3)c2C)cc1F. The van der Waals surface area contributed by atoms with E-state index in [1.54, 1.807) is 44.2 Å². The summed E-state index contributed by atoms with van der Waals surface area (Å²) in [5.41, 5.74) is 2.71. The lowest BCUT2D eigenvalue weighted by atomic mass is 10.2. The van der Waals surface area contributed by atoms with Gasteiger partial charge in [0, 0.05) is 16.4 Å². The number of carbonyl (C=O) groups excluding carboxylic acids is 2. The molecule has 2 amide bonds. The number of hydrogen-bond donors (Lipinski definition) is 2. The quantitative estimate of drug-likeness (QED) is 0.661. The summed E-state index contributed by atoms with van der Waals surface area (Å²) in [4.78, 5) is 24.7. The highest BCUT2D eigenvalue weighted by Crippen LogP contribution is 2.20. The van der Waals surface area contributed by atoms with Crippen LogP contribution in [0.2, 0.25) is 5.02 Å². The number of nitrogens with zero attached hydrogens (tertiary/aromatic N) is 3. The summed E-state index contributed by atoms with van der Waals surface area (Å²) in [5.74, 6) is -1.30. The molecule has 2 aromatic carbocycles. The highest BCUT2D eigenvalue weighted by atomic mass is 35.5. The maximum absolute atomic E-state index is 13.6. The molecule has 0 bridgehead atoms. The lowest BCUT2D eigenvalue weighted by Crippen LogP contribution is -2.21.